The molecule has 25 heavy (non-hydrogen) atoms. The van der Waals surface area contributed by atoms with Crippen molar-refractivity contribution in [1.82, 2.24) is 0 Å². The second-order valence-electron chi connectivity index (χ2n) is 9.81. The summed E-state index contributed by atoms with van der Waals surface area (Å²) in [6, 6.07) is 0. The van der Waals surface area contributed by atoms with E-state index in [1.54, 1.807) is 0 Å². The van der Waals surface area contributed by atoms with E-state index in [0.717, 1.165) is 12.8 Å². The SMILES string of the molecule is C=C1CCCC(C)(C)[C@@H]1C[C@H](O)/C(=C/CO[Si](C)(C)C(C)(C)C)CO. The summed E-state index contributed by atoms with van der Waals surface area (Å²) in [5.74, 6) is 0.299. The lowest BCUT2D eigenvalue weighted by molar-refractivity contribution is 0.105. The molecule has 0 aromatic heterocycles. The average Bonchev–Trinajstić information content (AvgIpc) is 2.46. The number of hydrogen-bond donors (Lipinski definition) is 2. The molecule has 0 radical (unpaired) electrons. The fraction of sp³-hybridized carbons (Fsp3) is 0.810. The first kappa shape index (κ1) is 22.6. The van der Waals surface area contributed by atoms with Crippen molar-refractivity contribution >= 4 is 8.32 Å². The summed E-state index contributed by atoms with van der Waals surface area (Å²) in [6.45, 7) is 20.2. The third-order valence-electron chi connectivity index (χ3n) is 6.42. The maximum Gasteiger partial charge on any atom is 0.192 e. The lowest BCUT2D eigenvalue weighted by Gasteiger charge is -2.41. The molecule has 0 aromatic rings. The molecule has 1 fully saturated rings. The largest absolute Gasteiger partial charge is 0.413 e. The quantitative estimate of drug-likeness (QED) is 0.488. The Kier molecular flexibility index (Phi) is 7.70. The van der Waals surface area contributed by atoms with Gasteiger partial charge in [-0.05, 0) is 60.7 Å². The fourth-order valence-corrected chi connectivity index (χ4v) is 4.34. The minimum absolute atomic E-state index is 0.123. The van der Waals surface area contributed by atoms with Gasteiger partial charge in [0, 0.05) is 0 Å². The maximum absolute atomic E-state index is 10.7. The molecule has 1 saturated carbocycles. The van der Waals surface area contributed by atoms with Crippen LogP contribution in [-0.2, 0) is 4.43 Å². The van der Waals surface area contributed by atoms with E-state index in [4.69, 9.17) is 4.43 Å². The van der Waals surface area contributed by atoms with Crippen LogP contribution >= 0.6 is 0 Å². The van der Waals surface area contributed by atoms with E-state index in [-0.39, 0.29) is 17.1 Å². The van der Waals surface area contributed by atoms with Crippen LogP contribution in [0.25, 0.3) is 0 Å². The third kappa shape index (κ3) is 6.06. The van der Waals surface area contributed by atoms with E-state index in [0.29, 0.717) is 24.5 Å². The molecule has 2 atom stereocenters. The maximum atomic E-state index is 10.7. The Morgan fingerprint density at radius 1 is 1.40 bits per heavy atom. The van der Waals surface area contributed by atoms with Gasteiger partial charge >= 0.3 is 0 Å². The minimum atomic E-state index is -1.82. The van der Waals surface area contributed by atoms with Crippen LogP contribution < -0.4 is 0 Å². The summed E-state index contributed by atoms with van der Waals surface area (Å²) in [6.07, 6.45) is 5.28. The predicted molar refractivity (Wildman–Crippen MR) is 109 cm³/mol. The normalized spacial score (nSPS) is 23.6. The Bertz CT molecular complexity index is 486. The van der Waals surface area contributed by atoms with Crippen molar-refractivity contribution in [2.45, 2.75) is 84.5 Å². The average molecular weight is 369 g/mol. The molecule has 0 saturated heterocycles. The Labute approximate surface area is 156 Å². The number of aliphatic hydroxyl groups excluding tert-OH is 2. The van der Waals surface area contributed by atoms with Gasteiger partial charge in [-0.15, -0.1) is 0 Å². The predicted octanol–water partition coefficient (Wildman–Crippen LogP) is 5.06. The van der Waals surface area contributed by atoms with Crippen molar-refractivity contribution in [3.8, 4) is 0 Å². The van der Waals surface area contributed by atoms with E-state index in [2.05, 4.69) is 54.3 Å². The van der Waals surface area contributed by atoms with Crippen LogP contribution in [0.1, 0.15) is 60.3 Å². The lowest BCUT2D eigenvalue weighted by atomic mass is 9.64. The van der Waals surface area contributed by atoms with Gasteiger partial charge in [0.25, 0.3) is 0 Å². The first-order valence-electron chi connectivity index (χ1n) is 9.61. The van der Waals surface area contributed by atoms with Crippen LogP contribution in [0.2, 0.25) is 18.1 Å². The zero-order chi connectivity index (χ0) is 19.5. The minimum Gasteiger partial charge on any atom is -0.413 e. The van der Waals surface area contributed by atoms with Crippen molar-refractivity contribution < 1.29 is 14.6 Å². The highest BCUT2D eigenvalue weighted by Crippen LogP contribution is 2.45. The van der Waals surface area contributed by atoms with Crippen molar-refractivity contribution in [3.05, 3.63) is 23.8 Å². The Hall–Kier alpha value is -0.423. The second-order valence-corrected chi connectivity index (χ2v) is 14.6. The van der Waals surface area contributed by atoms with Gasteiger partial charge in [0.2, 0.25) is 0 Å². The molecule has 0 amide bonds. The van der Waals surface area contributed by atoms with Crippen LogP contribution in [0.5, 0.6) is 0 Å². The molecule has 0 heterocycles. The number of aliphatic hydroxyl groups is 2. The zero-order valence-corrected chi connectivity index (χ0v) is 18.5. The van der Waals surface area contributed by atoms with E-state index in [1.165, 1.54) is 12.0 Å². The van der Waals surface area contributed by atoms with Gasteiger partial charge in [-0.3, -0.25) is 0 Å². The Balaban J connectivity index is 2.73. The van der Waals surface area contributed by atoms with Crippen molar-refractivity contribution in [1.29, 1.82) is 0 Å². The van der Waals surface area contributed by atoms with E-state index in [1.807, 2.05) is 6.08 Å². The van der Waals surface area contributed by atoms with E-state index < -0.39 is 14.4 Å². The first-order valence-corrected chi connectivity index (χ1v) is 12.5. The Morgan fingerprint density at radius 2 is 2.00 bits per heavy atom. The van der Waals surface area contributed by atoms with E-state index >= 15 is 0 Å². The van der Waals surface area contributed by atoms with Crippen LogP contribution in [-0.4, -0.2) is 37.8 Å². The molecular weight excluding hydrogens is 328 g/mol. The molecule has 0 unspecified atom stereocenters. The summed E-state index contributed by atoms with van der Waals surface area (Å²) in [4.78, 5) is 0. The number of allylic oxidation sites excluding steroid dienone is 1. The molecule has 2 N–H and O–H groups in total. The highest BCUT2D eigenvalue weighted by atomic mass is 28.4. The molecule has 0 spiro atoms. The van der Waals surface area contributed by atoms with Crippen molar-refractivity contribution in [2.24, 2.45) is 11.3 Å². The highest BCUT2D eigenvalue weighted by Gasteiger charge is 2.37. The van der Waals surface area contributed by atoms with Gasteiger partial charge in [0.1, 0.15) is 0 Å². The second kappa shape index (κ2) is 8.51. The summed E-state index contributed by atoms with van der Waals surface area (Å²) < 4.78 is 6.15. The summed E-state index contributed by atoms with van der Waals surface area (Å²) in [7, 11) is -1.82. The van der Waals surface area contributed by atoms with Crippen LogP contribution in [0.4, 0.5) is 0 Å². The van der Waals surface area contributed by atoms with Gasteiger partial charge in [-0.2, -0.15) is 0 Å². The third-order valence-corrected chi connectivity index (χ3v) is 10.9. The molecule has 0 bridgehead atoms. The molecule has 0 aliphatic heterocycles. The van der Waals surface area contributed by atoms with Gasteiger partial charge in [0.15, 0.2) is 8.32 Å². The van der Waals surface area contributed by atoms with Gasteiger partial charge in [-0.1, -0.05) is 52.8 Å². The summed E-state index contributed by atoms with van der Waals surface area (Å²) in [5.41, 5.74) is 2.08. The standard InChI is InChI=1S/C21H40O3Si/c1-16-10-9-12-21(5,6)18(16)14-19(23)17(15-22)11-13-24-25(7,8)20(2,3)4/h11,18-19,22-23H,1,9-10,12-15H2,2-8H3/b17-11+/t18-,19+/m1/s1. The monoisotopic (exact) mass is 368 g/mol. The summed E-state index contributed by atoms with van der Waals surface area (Å²) in [5, 5.41) is 20.6. The van der Waals surface area contributed by atoms with Crippen molar-refractivity contribution in [2.75, 3.05) is 13.2 Å². The molecule has 4 heteroatoms. The molecule has 1 aliphatic rings. The number of hydrogen-bond acceptors (Lipinski definition) is 3. The molecular formula is C21H40O3Si. The smallest absolute Gasteiger partial charge is 0.192 e. The molecule has 1 rings (SSSR count). The van der Waals surface area contributed by atoms with Crippen LogP contribution in [0.15, 0.2) is 23.8 Å². The molecule has 1 aliphatic carbocycles. The van der Waals surface area contributed by atoms with E-state index in [9.17, 15) is 10.2 Å². The lowest BCUT2D eigenvalue weighted by Crippen LogP contribution is -2.40. The van der Waals surface area contributed by atoms with Crippen LogP contribution in [0.3, 0.4) is 0 Å². The zero-order valence-electron chi connectivity index (χ0n) is 17.5. The fourth-order valence-electron chi connectivity index (χ4n) is 3.41. The van der Waals surface area contributed by atoms with Crippen LogP contribution in [0, 0.1) is 11.3 Å². The number of rotatable bonds is 7. The van der Waals surface area contributed by atoms with Gasteiger partial charge in [0.05, 0.1) is 19.3 Å². The highest BCUT2D eigenvalue weighted by molar-refractivity contribution is 6.74. The topological polar surface area (TPSA) is 49.7 Å². The molecule has 146 valence electrons. The first-order chi connectivity index (χ1) is 11.3. The molecule has 0 aromatic carbocycles. The molecule has 3 nitrogen and oxygen atoms in total. The van der Waals surface area contributed by atoms with Gasteiger partial charge < -0.3 is 14.6 Å². The Morgan fingerprint density at radius 3 is 2.48 bits per heavy atom. The summed E-state index contributed by atoms with van der Waals surface area (Å²) >= 11 is 0. The van der Waals surface area contributed by atoms with Gasteiger partial charge in [-0.25, -0.2) is 0 Å². The van der Waals surface area contributed by atoms with Crippen molar-refractivity contribution in [3.63, 3.8) is 0 Å².